The van der Waals surface area contributed by atoms with Gasteiger partial charge in [0.2, 0.25) is 0 Å². The number of hydrogen-bond donors (Lipinski definition) is 1. The fourth-order valence-corrected chi connectivity index (χ4v) is 4.00. The van der Waals surface area contributed by atoms with E-state index in [0.717, 1.165) is 44.6 Å². The largest absolute Gasteiger partial charge is 0.390 e. The van der Waals surface area contributed by atoms with Crippen molar-refractivity contribution in [2.24, 2.45) is 5.92 Å². The van der Waals surface area contributed by atoms with Gasteiger partial charge in [0, 0.05) is 25.4 Å². The molecule has 2 rings (SSSR count). The Morgan fingerprint density at radius 2 is 1.64 bits per heavy atom. The first kappa shape index (κ1) is 20.4. The van der Waals surface area contributed by atoms with Crippen molar-refractivity contribution >= 4 is 9.24 Å². The molecule has 1 atom stereocenters. The maximum atomic E-state index is 10.7. The van der Waals surface area contributed by atoms with Gasteiger partial charge in [-0.05, 0) is 71.4 Å². The Bertz CT molecular complexity index is 283. The van der Waals surface area contributed by atoms with Gasteiger partial charge in [0.25, 0.3) is 0 Å². The molecule has 0 radical (unpaired) electrons. The maximum Gasteiger partial charge on any atom is 0.0672 e. The Morgan fingerprint density at radius 3 is 2.09 bits per heavy atom. The lowest BCUT2D eigenvalue weighted by Crippen LogP contribution is -2.44. The molecule has 2 aliphatic heterocycles. The summed E-state index contributed by atoms with van der Waals surface area (Å²) in [7, 11) is 2.79. The quantitative estimate of drug-likeness (QED) is 0.781. The van der Waals surface area contributed by atoms with Crippen LogP contribution in [0.15, 0.2) is 0 Å². The van der Waals surface area contributed by atoms with Crippen LogP contribution in [0.1, 0.15) is 66.2 Å². The third-order valence-corrected chi connectivity index (χ3v) is 5.96. The predicted octanol–water partition coefficient (Wildman–Crippen LogP) is 3.57. The molecule has 132 valence electrons. The van der Waals surface area contributed by atoms with E-state index in [-0.39, 0.29) is 5.60 Å². The van der Waals surface area contributed by atoms with Crippen LogP contribution >= 0.6 is 9.24 Å². The van der Waals surface area contributed by atoms with E-state index in [2.05, 4.69) is 32.9 Å². The summed E-state index contributed by atoms with van der Waals surface area (Å²) >= 11 is 0. The van der Waals surface area contributed by atoms with Crippen molar-refractivity contribution in [2.75, 3.05) is 32.5 Å². The van der Waals surface area contributed by atoms with Crippen LogP contribution in [0.3, 0.4) is 0 Å². The molecule has 0 aromatic carbocycles. The van der Waals surface area contributed by atoms with Crippen LogP contribution in [-0.4, -0.2) is 59.0 Å². The first-order chi connectivity index (χ1) is 10.5. The summed E-state index contributed by atoms with van der Waals surface area (Å²) in [5, 5.41) is 10.7. The van der Waals surface area contributed by atoms with Crippen LogP contribution < -0.4 is 0 Å². The highest BCUT2D eigenvalue weighted by Crippen LogP contribution is 2.31. The van der Waals surface area contributed by atoms with Gasteiger partial charge in [-0.15, -0.1) is 9.24 Å². The third kappa shape index (κ3) is 6.43. The molecular weight excluding hydrogens is 291 g/mol. The van der Waals surface area contributed by atoms with Crippen LogP contribution in [0.2, 0.25) is 0 Å². The number of rotatable bonds is 5. The molecule has 1 N–H and O–H groups in total. The lowest BCUT2D eigenvalue weighted by molar-refractivity contribution is -0.0299. The van der Waals surface area contributed by atoms with Crippen molar-refractivity contribution in [3.63, 3.8) is 0 Å². The van der Waals surface area contributed by atoms with Gasteiger partial charge in [0.05, 0.1) is 5.60 Å². The summed E-state index contributed by atoms with van der Waals surface area (Å²) in [5.41, 5.74) is -0.370. The topological polar surface area (TPSA) is 26.7 Å². The van der Waals surface area contributed by atoms with Gasteiger partial charge in [0.15, 0.2) is 0 Å². The molecule has 3 nitrogen and oxygen atoms in total. The molecule has 0 aromatic rings. The smallest absolute Gasteiger partial charge is 0.0672 e. The minimum absolute atomic E-state index is 0.370. The first-order valence-electron chi connectivity index (χ1n) is 9.41. The molecule has 1 unspecified atom stereocenters. The molecule has 2 heterocycles. The Morgan fingerprint density at radius 1 is 1.09 bits per heavy atom. The van der Waals surface area contributed by atoms with Crippen molar-refractivity contribution in [3.8, 4) is 0 Å². The summed E-state index contributed by atoms with van der Waals surface area (Å²) in [4.78, 5) is 5.00. The number of nitrogens with zero attached hydrogens (tertiary/aromatic N) is 2. The van der Waals surface area contributed by atoms with Crippen molar-refractivity contribution in [2.45, 2.75) is 77.9 Å². The molecule has 0 aliphatic carbocycles. The zero-order valence-corrected chi connectivity index (χ0v) is 16.5. The molecule has 0 amide bonds. The number of hydrogen-bond acceptors (Lipinski definition) is 3. The van der Waals surface area contributed by atoms with Crippen molar-refractivity contribution in [3.05, 3.63) is 0 Å². The van der Waals surface area contributed by atoms with Crippen molar-refractivity contribution in [1.82, 2.24) is 9.80 Å². The van der Waals surface area contributed by atoms with Gasteiger partial charge in [-0.25, -0.2) is 0 Å². The number of piperidine rings is 2. The molecule has 0 bridgehead atoms. The molecule has 22 heavy (non-hydrogen) atoms. The zero-order chi connectivity index (χ0) is 16.6. The zero-order valence-electron chi connectivity index (χ0n) is 15.4. The van der Waals surface area contributed by atoms with E-state index in [4.69, 9.17) is 0 Å². The van der Waals surface area contributed by atoms with E-state index in [1.54, 1.807) is 0 Å². The highest BCUT2D eigenvalue weighted by Gasteiger charge is 2.32. The van der Waals surface area contributed by atoms with Crippen LogP contribution in [0.25, 0.3) is 0 Å². The van der Waals surface area contributed by atoms with Gasteiger partial charge in [-0.2, -0.15) is 0 Å². The summed E-state index contributed by atoms with van der Waals surface area (Å²) in [5.74, 6) is 0.841. The van der Waals surface area contributed by atoms with E-state index in [1.807, 2.05) is 13.8 Å². The Hall–Kier alpha value is 0.310. The molecule has 4 heteroatoms. The summed E-state index contributed by atoms with van der Waals surface area (Å²) < 4.78 is 0. The van der Waals surface area contributed by atoms with Crippen LogP contribution in [0, 0.1) is 5.92 Å². The van der Waals surface area contributed by atoms with E-state index in [1.165, 1.54) is 32.4 Å². The van der Waals surface area contributed by atoms with Crippen LogP contribution in [0.5, 0.6) is 0 Å². The SMILES string of the molecule is CC.CC(C)N1CCC(CCC2(O)CCN(CP)CC2)CC1. The minimum Gasteiger partial charge on any atom is -0.390 e. The lowest BCUT2D eigenvalue weighted by Gasteiger charge is -2.40. The lowest BCUT2D eigenvalue weighted by atomic mass is 9.82. The molecular formula is C18H39N2OP. The van der Waals surface area contributed by atoms with Gasteiger partial charge < -0.3 is 10.0 Å². The molecule has 0 aromatic heterocycles. The highest BCUT2D eigenvalue weighted by atomic mass is 31.0. The average Bonchev–Trinajstić information content (AvgIpc) is 2.56. The van der Waals surface area contributed by atoms with Gasteiger partial charge in [-0.1, -0.05) is 13.8 Å². The molecule has 2 aliphatic rings. The van der Waals surface area contributed by atoms with Crippen LogP contribution in [-0.2, 0) is 0 Å². The summed E-state index contributed by atoms with van der Waals surface area (Å²) in [6.45, 7) is 13.2. The molecule has 2 saturated heterocycles. The van der Waals surface area contributed by atoms with E-state index >= 15 is 0 Å². The van der Waals surface area contributed by atoms with Gasteiger partial charge in [-0.3, -0.25) is 4.90 Å². The second-order valence-electron chi connectivity index (χ2n) is 7.14. The van der Waals surface area contributed by atoms with Gasteiger partial charge >= 0.3 is 0 Å². The number of likely N-dealkylation sites (tertiary alicyclic amines) is 2. The summed E-state index contributed by atoms with van der Waals surface area (Å²) in [6.07, 6.45) is 7.87. The molecule has 2 fully saturated rings. The minimum atomic E-state index is -0.370. The van der Waals surface area contributed by atoms with Crippen molar-refractivity contribution < 1.29 is 5.11 Å². The standard InChI is InChI=1S/C16H33N2OP.C2H6/c1-14(2)18-9-4-15(5-10-18)3-6-16(19)7-11-17(13-20)12-8-16;1-2/h14-15,19H,3-13,20H2,1-2H3;1-2H3. The number of aliphatic hydroxyl groups is 1. The second kappa shape index (κ2) is 10.2. The average molecular weight is 330 g/mol. The second-order valence-corrected chi connectivity index (χ2v) is 7.50. The third-order valence-electron chi connectivity index (χ3n) is 5.44. The van der Waals surface area contributed by atoms with Crippen molar-refractivity contribution in [1.29, 1.82) is 0 Å². The fourth-order valence-electron chi connectivity index (χ4n) is 3.63. The van der Waals surface area contributed by atoms with E-state index in [9.17, 15) is 5.11 Å². The Labute approximate surface area is 141 Å². The Kier molecular flexibility index (Phi) is 9.47. The predicted molar refractivity (Wildman–Crippen MR) is 100 cm³/mol. The first-order valence-corrected chi connectivity index (χ1v) is 10.2. The fraction of sp³-hybridized carbons (Fsp3) is 1.00. The monoisotopic (exact) mass is 330 g/mol. The van der Waals surface area contributed by atoms with Crippen LogP contribution in [0.4, 0.5) is 0 Å². The molecule has 0 saturated carbocycles. The van der Waals surface area contributed by atoms with Gasteiger partial charge in [0.1, 0.15) is 0 Å². The summed E-state index contributed by atoms with van der Waals surface area (Å²) in [6, 6.07) is 0.691. The maximum absolute atomic E-state index is 10.7. The van der Waals surface area contributed by atoms with E-state index < -0.39 is 0 Å². The molecule has 0 spiro atoms. The van der Waals surface area contributed by atoms with E-state index in [0.29, 0.717) is 6.04 Å². The Balaban J connectivity index is 0.00000116. The highest BCUT2D eigenvalue weighted by molar-refractivity contribution is 7.16. The normalized spacial score (nSPS) is 24.1.